The molecule has 5 nitrogen and oxygen atoms in total. The Kier molecular flexibility index (Phi) is 3.34. The van der Waals surface area contributed by atoms with Gasteiger partial charge in [0.1, 0.15) is 0 Å². The van der Waals surface area contributed by atoms with E-state index in [2.05, 4.69) is 6.07 Å². The molecule has 2 N–H and O–H groups in total. The zero-order valence-electron chi connectivity index (χ0n) is 11.4. The van der Waals surface area contributed by atoms with E-state index in [0.29, 0.717) is 13.0 Å². The van der Waals surface area contributed by atoms with Crippen molar-refractivity contribution in [3.05, 3.63) is 29.8 Å². The number of anilines is 1. The van der Waals surface area contributed by atoms with E-state index in [1.54, 1.807) is 4.90 Å². The van der Waals surface area contributed by atoms with Gasteiger partial charge in [-0.05, 0) is 24.5 Å². The first kappa shape index (κ1) is 13.0. The van der Waals surface area contributed by atoms with Gasteiger partial charge in [0, 0.05) is 37.7 Å². The molecule has 3 rings (SSSR count). The zero-order chi connectivity index (χ0) is 14.1. The summed E-state index contributed by atoms with van der Waals surface area (Å²) < 4.78 is 0. The molecule has 0 spiro atoms. The van der Waals surface area contributed by atoms with E-state index in [9.17, 15) is 9.59 Å². The van der Waals surface area contributed by atoms with E-state index < -0.39 is 6.03 Å². The van der Waals surface area contributed by atoms with Crippen LogP contribution in [0.1, 0.15) is 30.7 Å². The predicted octanol–water partition coefficient (Wildman–Crippen LogP) is 1.68. The van der Waals surface area contributed by atoms with Crippen LogP contribution in [0.2, 0.25) is 0 Å². The van der Waals surface area contributed by atoms with Gasteiger partial charge in [-0.15, -0.1) is 0 Å². The number of primary amides is 1. The van der Waals surface area contributed by atoms with Crippen molar-refractivity contribution in [2.75, 3.05) is 24.5 Å². The number of hydrogen-bond donors (Lipinski definition) is 1. The lowest BCUT2D eigenvalue weighted by Crippen LogP contribution is -2.35. The Bertz CT molecular complexity index is 544. The van der Waals surface area contributed by atoms with E-state index in [-0.39, 0.29) is 11.8 Å². The Morgan fingerprint density at radius 1 is 1.35 bits per heavy atom. The second kappa shape index (κ2) is 5.15. The van der Waals surface area contributed by atoms with Gasteiger partial charge in [-0.25, -0.2) is 4.79 Å². The van der Waals surface area contributed by atoms with E-state index >= 15 is 0 Å². The summed E-state index contributed by atoms with van der Waals surface area (Å²) in [5.41, 5.74) is 7.52. The van der Waals surface area contributed by atoms with Crippen molar-refractivity contribution in [2.24, 2.45) is 5.73 Å². The molecule has 0 saturated carbocycles. The van der Waals surface area contributed by atoms with Crippen molar-refractivity contribution < 1.29 is 9.59 Å². The standard InChI is InChI=1S/C15H19N3O2/c16-15(20)18-10-11(12-4-1-2-5-13(12)18)7-9-17-8-3-6-14(17)19/h1-2,4-5,11H,3,6-10H2,(H2,16,20). The predicted molar refractivity (Wildman–Crippen MR) is 76.5 cm³/mol. The van der Waals surface area contributed by atoms with Gasteiger partial charge in [0.15, 0.2) is 0 Å². The summed E-state index contributed by atoms with van der Waals surface area (Å²) in [5, 5.41) is 0. The van der Waals surface area contributed by atoms with Crippen LogP contribution in [0.4, 0.5) is 10.5 Å². The van der Waals surface area contributed by atoms with Crippen LogP contribution in [0, 0.1) is 0 Å². The number of fused-ring (bicyclic) bond motifs is 1. The summed E-state index contributed by atoms with van der Waals surface area (Å²) in [6.07, 6.45) is 2.52. The SMILES string of the molecule is NC(=O)N1CC(CCN2CCCC2=O)c2ccccc21. The van der Waals surface area contributed by atoms with Gasteiger partial charge in [-0.2, -0.15) is 0 Å². The summed E-state index contributed by atoms with van der Waals surface area (Å²) in [6, 6.07) is 7.48. The Morgan fingerprint density at radius 2 is 2.15 bits per heavy atom. The van der Waals surface area contributed by atoms with Crippen molar-refractivity contribution in [3.63, 3.8) is 0 Å². The summed E-state index contributed by atoms with van der Waals surface area (Å²) in [4.78, 5) is 26.7. The molecule has 5 heteroatoms. The van der Waals surface area contributed by atoms with E-state index in [1.165, 1.54) is 0 Å². The Hall–Kier alpha value is -2.04. The Balaban J connectivity index is 1.72. The third-order valence-corrected chi connectivity index (χ3v) is 4.26. The molecule has 1 aromatic rings. The first-order valence-corrected chi connectivity index (χ1v) is 7.10. The highest BCUT2D eigenvalue weighted by atomic mass is 16.2. The van der Waals surface area contributed by atoms with Gasteiger partial charge in [0.05, 0.1) is 0 Å². The molecule has 0 aliphatic carbocycles. The summed E-state index contributed by atoms with van der Waals surface area (Å²) in [7, 11) is 0. The second-order valence-corrected chi connectivity index (χ2v) is 5.48. The minimum absolute atomic E-state index is 0.253. The molecule has 1 atom stereocenters. The van der Waals surface area contributed by atoms with Crippen molar-refractivity contribution in [1.29, 1.82) is 0 Å². The Labute approximate surface area is 118 Å². The number of para-hydroxylation sites is 1. The minimum atomic E-state index is -0.405. The summed E-state index contributed by atoms with van der Waals surface area (Å²) in [5.74, 6) is 0.523. The third kappa shape index (κ3) is 2.24. The van der Waals surface area contributed by atoms with Crippen molar-refractivity contribution in [3.8, 4) is 0 Å². The summed E-state index contributed by atoms with van der Waals surface area (Å²) in [6.45, 7) is 2.26. The highest BCUT2D eigenvalue weighted by molar-refractivity contribution is 5.93. The highest BCUT2D eigenvalue weighted by Crippen LogP contribution is 2.37. The number of nitrogens with two attached hydrogens (primary N) is 1. The fourth-order valence-corrected chi connectivity index (χ4v) is 3.20. The topological polar surface area (TPSA) is 66.6 Å². The number of likely N-dealkylation sites (tertiary alicyclic amines) is 1. The van der Waals surface area contributed by atoms with Gasteiger partial charge in [-0.1, -0.05) is 18.2 Å². The highest BCUT2D eigenvalue weighted by Gasteiger charge is 2.31. The minimum Gasteiger partial charge on any atom is -0.351 e. The normalized spacial score (nSPS) is 21.4. The quantitative estimate of drug-likeness (QED) is 0.910. The monoisotopic (exact) mass is 273 g/mol. The number of amides is 3. The number of nitrogens with zero attached hydrogens (tertiary/aromatic N) is 2. The smallest absolute Gasteiger partial charge is 0.319 e. The number of rotatable bonds is 3. The van der Waals surface area contributed by atoms with Crippen LogP contribution in [0.25, 0.3) is 0 Å². The lowest BCUT2D eigenvalue weighted by atomic mass is 9.98. The number of urea groups is 1. The van der Waals surface area contributed by atoms with Crippen molar-refractivity contribution >= 4 is 17.6 Å². The lowest BCUT2D eigenvalue weighted by molar-refractivity contribution is -0.127. The molecule has 2 aliphatic heterocycles. The molecule has 0 aromatic heterocycles. The van der Waals surface area contributed by atoms with Crippen LogP contribution in [-0.2, 0) is 4.79 Å². The Morgan fingerprint density at radius 3 is 2.85 bits per heavy atom. The van der Waals surface area contributed by atoms with Crippen molar-refractivity contribution in [1.82, 2.24) is 4.90 Å². The van der Waals surface area contributed by atoms with Crippen LogP contribution < -0.4 is 10.6 Å². The molecule has 1 aromatic carbocycles. The van der Waals surface area contributed by atoms with Gasteiger partial charge < -0.3 is 10.6 Å². The van der Waals surface area contributed by atoms with E-state index in [0.717, 1.165) is 37.2 Å². The maximum absolute atomic E-state index is 11.6. The zero-order valence-corrected chi connectivity index (χ0v) is 11.4. The number of carbonyl (C=O) groups is 2. The molecule has 3 amide bonds. The second-order valence-electron chi connectivity index (χ2n) is 5.48. The van der Waals surface area contributed by atoms with Gasteiger partial charge in [0.2, 0.25) is 5.91 Å². The van der Waals surface area contributed by atoms with Crippen LogP contribution >= 0.6 is 0 Å². The molecule has 2 aliphatic rings. The molecule has 0 bridgehead atoms. The molecule has 1 saturated heterocycles. The average Bonchev–Trinajstić information content (AvgIpc) is 3.00. The van der Waals surface area contributed by atoms with Crippen LogP contribution in [0.3, 0.4) is 0 Å². The van der Waals surface area contributed by atoms with Gasteiger partial charge >= 0.3 is 6.03 Å². The average molecular weight is 273 g/mol. The third-order valence-electron chi connectivity index (χ3n) is 4.26. The maximum Gasteiger partial charge on any atom is 0.319 e. The molecule has 1 unspecified atom stereocenters. The molecule has 106 valence electrons. The number of hydrogen-bond acceptors (Lipinski definition) is 2. The molecule has 20 heavy (non-hydrogen) atoms. The summed E-state index contributed by atoms with van der Waals surface area (Å²) >= 11 is 0. The van der Waals surface area contributed by atoms with Crippen molar-refractivity contribution in [2.45, 2.75) is 25.2 Å². The lowest BCUT2D eigenvalue weighted by Gasteiger charge is -2.19. The fraction of sp³-hybridized carbons (Fsp3) is 0.467. The van der Waals surface area contributed by atoms with E-state index in [4.69, 9.17) is 5.73 Å². The van der Waals surface area contributed by atoms with Crippen LogP contribution in [-0.4, -0.2) is 36.5 Å². The van der Waals surface area contributed by atoms with Gasteiger partial charge in [-0.3, -0.25) is 9.69 Å². The van der Waals surface area contributed by atoms with Crippen LogP contribution in [0.5, 0.6) is 0 Å². The first-order chi connectivity index (χ1) is 9.66. The molecular weight excluding hydrogens is 254 g/mol. The fourth-order valence-electron chi connectivity index (χ4n) is 3.20. The van der Waals surface area contributed by atoms with E-state index in [1.807, 2.05) is 23.1 Å². The first-order valence-electron chi connectivity index (χ1n) is 7.10. The number of benzene rings is 1. The molecule has 0 radical (unpaired) electrons. The molecular formula is C15H19N3O2. The maximum atomic E-state index is 11.6. The van der Waals surface area contributed by atoms with Gasteiger partial charge in [0.25, 0.3) is 0 Å². The van der Waals surface area contributed by atoms with Crippen LogP contribution in [0.15, 0.2) is 24.3 Å². The molecule has 2 heterocycles. The largest absolute Gasteiger partial charge is 0.351 e. The molecule has 1 fully saturated rings. The number of carbonyl (C=O) groups excluding carboxylic acids is 2.